The van der Waals surface area contributed by atoms with Crippen LogP contribution in [0, 0.1) is 0 Å². The molecule has 7 heteroatoms. The molecule has 0 spiro atoms. The molecule has 146 valence electrons. The number of fused-ring (bicyclic) bond motifs is 1. The summed E-state index contributed by atoms with van der Waals surface area (Å²) in [5.41, 5.74) is 0. The number of nitrogens with one attached hydrogen (secondary N) is 2. The predicted molar refractivity (Wildman–Crippen MR) is 105 cm³/mol. The summed E-state index contributed by atoms with van der Waals surface area (Å²) in [4.78, 5) is 9.43. The number of aromatic nitrogens is 3. The van der Waals surface area contributed by atoms with Gasteiger partial charge >= 0.3 is 0 Å². The Hall–Kier alpha value is -2.31. The zero-order chi connectivity index (χ0) is 18.5. The number of furan rings is 1. The first-order chi connectivity index (χ1) is 13.3. The van der Waals surface area contributed by atoms with Gasteiger partial charge in [0.05, 0.1) is 12.8 Å². The van der Waals surface area contributed by atoms with Crippen molar-refractivity contribution in [3.05, 3.63) is 35.8 Å². The average molecular weight is 371 g/mol. The van der Waals surface area contributed by atoms with Crippen LogP contribution >= 0.6 is 0 Å². The standard InChI is InChI=1S/C20H30N6O/c1-2-18-24-19-10-9-16(14-26(19)25-18)23-20(22-15-6-3-4-7-15)21-12-11-17-8-5-13-27-17/h5,8,13,15-16H,2-4,6-7,9-12,14H2,1H3,(H2,21,22,23). The van der Waals surface area contributed by atoms with Gasteiger partial charge in [-0.15, -0.1) is 0 Å². The second-order valence-electron chi connectivity index (χ2n) is 7.55. The Labute approximate surface area is 160 Å². The van der Waals surface area contributed by atoms with E-state index in [9.17, 15) is 0 Å². The topological polar surface area (TPSA) is 80.3 Å². The molecule has 1 unspecified atom stereocenters. The summed E-state index contributed by atoms with van der Waals surface area (Å²) in [6.45, 7) is 3.68. The van der Waals surface area contributed by atoms with Crippen molar-refractivity contribution in [2.24, 2.45) is 4.99 Å². The maximum absolute atomic E-state index is 5.42. The number of guanidine groups is 1. The first-order valence-corrected chi connectivity index (χ1v) is 10.3. The maximum atomic E-state index is 5.42. The molecule has 3 heterocycles. The highest BCUT2D eigenvalue weighted by Gasteiger charge is 2.23. The van der Waals surface area contributed by atoms with Crippen molar-refractivity contribution < 1.29 is 4.42 Å². The molecule has 1 saturated carbocycles. The second-order valence-corrected chi connectivity index (χ2v) is 7.55. The van der Waals surface area contributed by atoms with E-state index >= 15 is 0 Å². The van der Waals surface area contributed by atoms with Crippen molar-refractivity contribution in [1.82, 2.24) is 25.4 Å². The van der Waals surface area contributed by atoms with E-state index in [1.165, 1.54) is 25.7 Å². The average Bonchev–Trinajstić information content (AvgIpc) is 3.43. The molecule has 1 atom stereocenters. The van der Waals surface area contributed by atoms with Gasteiger partial charge < -0.3 is 15.1 Å². The second kappa shape index (κ2) is 8.59. The van der Waals surface area contributed by atoms with Crippen LogP contribution in [-0.2, 0) is 25.8 Å². The minimum atomic E-state index is 0.333. The fourth-order valence-corrected chi connectivity index (χ4v) is 3.95. The quantitative estimate of drug-likeness (QED) is 0.603. The zero-order valence-electron chi connectivity index (χ0n) is 16.2. The highest BCUT2D eigenvalue weighted by Crippen LogP contribution is 2.18. The van der Waals surface area contributed by atoms with Crippen LogP contribution in [0.25, 0.3) is 0 Å². The van der Waals surface area contributed by atoms with E-state index in [2.05, 4.69) is 32.3 Å². The van der Waals surface area contributed by atoms with Crippen LogP contribution in [0.3, 0.4) is 0 Å². The number of aliphatic imine (C=N–C) groups is 1. The van der Waals surface area contributed by atoms with Crippen molar-refractivity contribution in [3.63, 3.8) is 0 Å². The Morgan fingerprint density at radius 3 is 2.89 bits per heavy atom. The van der Waals surface area contributed by atoms with Gasteiger partial charge in [0, 0.05) is 37.9 Å². The Morgan fingerprint density at radius 2 is 2.11 bits per heavy atom. The third-order valence-electron chi connectivity index (χ3n) is 5.46. The molecule has 2 N–H and O–H groups in total. The Balaban J connectivity index is 1.38. The van der Waals surface area contributed by atoms with Crippen molar-refractivity contribution in [1.29, 1.82) is 0 Å². The van der Waals surface area contributed by atoms with Crippen molar-refractivity contribution in [2.75, 3.05) is 6.54 Å². The van der Waals surface area contributed by atoms with Crippen molar-refractivity contribution in [2.45, 2.75) is 76.9 Å². The molecular weight excluding hydrogens is 340 g/mol. The largest absolute Gasteiger partial charge is 0.469 e. The fraction of sp³-hybridized carbons (Fsp3) is 0.650. The minimum absolute atomic E-state index is 0.333. The lowest BCUT2D eigenvalue weighted by Gasteiger charge is -2.27. The van der Waals surface area contributed by atoms with E-state index in [1.807, 2.05) is 12.1 Å². The molecule has 0 radical (unpaired) electrons. The van der Waals surface area contributed by atoms with E-state index in [0.29, 0.717) is 12.1 Å². The first-order valence-electron chi connectivity index (χ1n) is 10.3. The highest BCUT2D eigenvalue weighted by atomic mass is 16.3. The van der Waals surface area contributed by atoms with E-state index < -0.39 is 0 Å². The number of rotatable bonds is 6. The number of aryl methyl sites for hydroxylation is 2. The van der Waals surface area contributed by atoms with Gasteiger partial charge in [0.15, 0.2) is 11.8 Å². The molecule has 7 nitrogen and oxygen atoms in total. The van der Waals surface area contributed by atoms with Gasteiger partial charge in [0.1, 0.15) is 11.6 Å². The summed E-state index contributed by atoms with van der Waals surface area (Å²) in [5, 5.41) is 11.9. The van der Waals surface area contributed by atoms with E-state index in [-0.39, 0.29) is 0 Å². The molecule has 0 aromatic carbocycles. The molecular formula is C20H30N6O. The lowest BCUT2D eigenvalue weighted by atomic mass is 10.1. The van der Waals surface area contributed by atoms with Crippen LogP contribution < -0.4 is 10.6 Å². The van der Waals surface area contributed by atoms with E-state index in [1.54, 1.807) is 6.26 Å². The monoisotopic (exact) mass is 370 g/mol. The Kier molecular flexibility index (Phi) is 5.75. The van der Waals surface area contributed by atoms with Crippen molar-refractivity contribution >= 4 is 5.96 Å². The first kappa shape index (κ1) is 18.1. The fourth-order valence-electron chi connectivity index (χ4n) is 3.95. The summed E-state index contributed by atoms with van der Waals surface area (Å²) in [7, 11) is 0. The molecule has 2 aromatic heterocycles. The summed E-state index contributed by atoms with van der Waals surface area (Å²) in [6, 6.07) is 4.81. The van der Waals surface area contributed by atoms with Gasteiger partial charge in [-0.05, 0) is 31.4 Å². The van der Waals surface area contributed by atoms with Crippen LogP contribution in [0.2, 0.25) is 0 Å². The number of hydrogen-bond acceptors (Lipinski definition) is 4. The lowest BCUT2D eigenvalue weighted by molar-refractivity contribution is 0.390. The summed E-state index contributed by atoms with van der Waals surface area (Å²) >= 11 is 0. The van der Waals surface area contributed by atoms with Gasteiger partial charge in [-0.2, -0.15) is 5.10 Å². The van der Waals surface area contributed by atoms with Crippen LogP contribution in [-0.4, -0.2) is 39.4 Å². The summed E-state index contributed by atoms with van der Waals surface area (Å²) in [5.74, 6) is 3.97. The SMILES string of the molecule is CCc1nc2n(n1)CC(NC(=NCCc1ccco1)NC1CCCC1)CC2. The maximum Gasteiger partial charge on any atom is 0.191 e. The molecule has 2 aliphatic rings. The van der Waals surface area contributed by atoms with Crippen LogP contribution in [0.5, 0.6) is 0 Å². The lowest BCUT2D eigenvalue weighted by Crippen LogP contribution is -2.49. The zero-order valence-corrected chi connectivity index (χ0v) is 16.2. The summed E-state index contributed by atoms with van der Waals surface area (Å²) in [6.07, 6.45) is 10.5. The normalized spacial score (nSPS) is 20.6. The van der Waals surface area contributed by atoms with Crippen LogP contribution in [0.15, 0.2) is 27.8 Å². The van der Waals surface area contributed by atoms with Gasteiger partial charge in [-0.1, -0.05) is 19.8 Å². The van der Waals surface area contributed by atoms with Crippen molar-refractivity contribution in [3.8, 4) is 0 Å². The molecule has 1 aliphatic carbocycles. The molecule has 4 rings (SSSR count). The highest BCUT2D eigenvalue weighted by molar-refractivity contribution is 5.80. The summed E-state index contributed by atoms with van der Waals surface area (Å²) < 4.78 is 7.49. The van der Waals surface area contributed by atoms with Crippen LogP contribution in [0.4, 0.5) is 0 Å². The molecule has 0 bridgehead atoms. The molecule has 0 saturated heterocycles. The minimum Gasteiger partial charge on any atom is -0.469 e. The van der Waals surface area contributed by atoms with Gasteiger partial charge in [-0.3, -0.25) is 4.99 Å². The number of nitrogens with zero attached hydrogens (tertiary/aromatic N) is 4. The molecule has 27 heavy (non-hydrogen) atoms. The number of hydrogen-bond donors (Lipinski definition) is 2. The van der Waals surface area contributed by atoms with E-state index in [4.69, 9.17) is 9.41 Å². The van der Waals surface area contributed by atoms with Gasteiger partial charge in [0.25, 0.3) is 0 Å². The Bertz CT molecular complexity index is 745. The molecule has 1 aliphatic heterocycles. The van der Waals surface area contributed by atoms with Gasteiger partial charge in [0.2, 0.25) is 0 Å². The van der Waals surface area contributed by atoms with Gasteiger partial charge in [-0.25, -0.2) is 9.67 Å². The third-order valence-corrected chi connectivity index (χ3v) is 5.46. The van der Waals surface area contributed by atoms with Crippen LogP contribution in [0.1, 0.15) is 56.4 Å². The molecule has 0 amide bonds. The third kappa shape index (κ3) is 4.70. The molecule has 1 fully saturated rings. The smallest absolute Gasteiger partial charge is 0.191 e. The predicted octanol–water partition coefficient (Wildman–Crippen LogP) is 2.47. The van der Waals surface area contributed by atoms with E-state index in [0.717, 1.165) is 62.1 Å². The Morgan fingerprint density at radius 1 is 1.26 bits per heavy atom. The molecule has 2 aromatic rings.